The van der Waals surface area contributed by atoms with E-state index in [9.17, 15) is 9.59 Å². The van der Waals surface area contributed by atoms with Crippen molar-refractivity contribution in [3.63, 3.8) is 0 Å². The zero-order valence-corrected chi connectivity index (χ0v) is 12.1. The van der Waals surface area contributed by atoms with Crippen molar-refractivity contribution in [3.05, 3.63) is 11.1 Å². The lowest BCUT2D eigenvalue weighted by Crippen LogP contribution is -2.29. The minimum atomic E-state index is -0.415. The summed E-state index contributed by atoms with van der Waals surface area (Å²) in [6, 6.07) is 0. The Labute approximate surface area is 119 Å². The van der Waals surface area contributed by atoms with Crippen LogP contribution < -0.4 is 0 Å². The third-order valence-corrected chi connectivity index (χ3v) is 4.93. The Kier molecular flexibility index (Phi) is 3.78. The standard InChI is InChI=1S/C16H22O4/c1-11(17)14-10-13-5-7-16(19-8-9-20-16)6-4-12(13)2-3-15(14)18/h14H,2-10H2,1H3. The number of rotatable bonds is 1. The van der Waals surface area contributed by atoms with Gasteiger partial charge in [-0.25, -0.2) is 0 Å². The van der Waals surface area contributed by atoms with Crippen LogP contribution in [0.2, 0.25) is 0 Å². The minimum Gasteiger partial charge on any atom is -0.348 e. The molecule has 0 radical (unpaired) electrons. The first-order chi connectivity index (χ1) is 9.60. The van der Waals surface area contributed by atoms with Gasteiger partial charge in [0.2, 0.25) is 0 Å². The maximum Gasteiger partial charge on any atom is 0.169 e. The molecule has 1 spiro atoms. The van der Waals surface area contributed by atoms with Gasteiger partial charge in [0.1, 0.15) is 11.6 Å². The molecule has 20 heavy (non-hydrogen) atoms. The number of ketones is 2. The molecule has 4 heteroatoms. The summed E-state index contributed by atoms with van der Waals surface area (Å²) < 4.78 is 11.6. The summed E-state index contributed by atoms with van der Waals surface area (Å²) in [5, 5.41) is 0. The fraction of sp³-hybridized carbons (Fsp3) is 0.750. The lowest BCUT2D eigenvalue weighted by atomic mass is 9.90. The molecule has 0 aromatic carbocycles. The molecule has 0 N–H and O–H groups in total. The van der Waals surface area contributed by atoms with Gasteiger partial charge in [-0.1, -0.05) is 11.1 Å². The fourth-order valence-corrected chi connectivity index (χ4v) is 3.67. The molecule has 1 atom stereocenters. The minimum absolute atomic E-state index is 0.0103. The summed E-state index contributed by atoms with van der Waals surface area (Å²) in [5.41, 5.74) is 2.69. The van der Waals surface area contributed by atoms with Crippen molar-refractivity contribution in [2.24, 2.45) is 5.92 Å². The molecule has 3 aliphatic rings. The Hall–Kier alpha value is -1.00. The Balaban J connectivity index is 1.77. The van der Waals surface area contributed by atoms with Gasteiger partial charge >= 0.3 is 0 Å². The maximum atomic E-state index is 12.0. The number of ether oxygens (including phenoxy) is 2. The monoisotopic (exact) mass is 278 g/mol. The van der Waals surface area contributed by atoms with Gasteiger partial charge < -0.3 is 9.47 Å². The second-order valence-corrected chi connectivity index (χ2v) is 6.15. The van der Waals surface area contributed by atoms with Crippen molar-refractivity contribution in [1.29, 1.82) is 0 Å². The van der Waals surface area contributed by atoms with Crippen LogP contribution in [0.15, 0.2) is 11.1 Å². The van der Waals surface area contributed by atoms with Crippen LogP contribution >= 0.6 is 0 Å². The van der Waals surface area contributed by atoms with Crippen LogP contribution in [-0.2, 0) is 19.1 Å². The Morgan fingerprint density at radius 3 is 2.35 bits per heavy atom. The largest absolute Gasteiger partial charge is 0.348 e. The van der Waals surface area contributed by atoms with Gasteiger partial charge in [0.05, 0.1) is 19.1 Å². The van der Waals surface area contributed by atoms with Crippen molar-refractivity contribution >= 4 is 11.6 Å². The molecule has 3 rings (SSSR count). The summed E-state index contributed by atoms with van der Waals surface area (Å²) in [4.78, 5) is 23.7. The average Bonchev–Trinajstić information content (AvgIpc) is 2.72. The van der Waals surface area contributed by atoms with Crippen LogP contribution in [0.4, 0.5) is 0 Å². The zero-order chi connectivity index (χ0) is 14.2. The first-order valence-electron chi connectivity index (χ1n) is 7.60. The molecule has 0 saturated carbocycles. The van der Waals surface area contributed by atoms with E-state index < -0.39 is 11.7 Å². The van der Waals surface area contributed by atoms with E-state index in [4.69, 9.17) is 9.47 Å². The van der Waals surface area contributed by atoms with E-state index in [1.807, 2.05) is 0 Å². The molecule has 1 aliphatic heterocycles. The van der Waals surface area contributed by atoms with Crippen LogP contribution in [0.25, 0.3) is 0 Å². The highest BCUT2D eigenvalue weighted by Gasteiger charge is 2.39. The van der Waals surface area contributed by atoms with Gasteiger partial charge in [-0.05, 0) is 32.6 Å². The van der Waals surface area contributed by atoms with E-state index in [2.05, 4.69) is 0 Å². The topological polar surface area (TPSA) is 52.6 Å². The quantitative estimate of drug-likeness (QED) is 0.546. The molecule has 4 nitrogen and oxygen atoms in total. The molecule has 0 aromatic rings. The number of carbonyl (C=O) groups excluding carboxylic acids is 2. The van der Waals surface area contributed by atoms with Crippen LogP contribution in [-0.4, -0.2) is 30.6 Å². The van der Waals surface area contributed by atoms with Crippen molar-refractivity contribution in [1.82, 2.24) is 0 Å². The summed E-state index contributed by atoms with van der Waals surface area (Å²) in [6.45, 7) is 2.90. The Morgan fingerprint density at radius 1 is 1.05 bits per heavy atom. The van der Waals surface area contributed by atoms with Crippen molar-refractivity contribution in [2.45, 2.75) is 57.7 Å². The van der Waals surface area contributed by atoms with Gasteiger partial charge in [0.25, 0.3) is 0 Å². The molecule has 1 saturated heterocycles. The van der Waals surface area contributed by atoms with Crippen molar-refractivity contribution in [3.8, 4) is 0 Å². The van der Waals surface area contributed by atoms with E-state index in [1.165, 1.54) is 18.1 Å². The van der Waals surface area contributed by atoms with Gasteiger partial charge in [0.15, 0.2) is 5.79 Å². The van der Waals surface area contributed by atoms with E-state index in [1.54, 1.807) is 0 Å². The third-order valence-electron chi connectivity index (χ3n) is 4.93. The summed E-state index contributed by atoms with van der Waals surface area (Å²) in [5.74, 6) is -0.686. The highest BCUT2D eigenvalue weighted by atomic mass is 16.7. The summed E-state index contributed by atoms with van der Waals surface area (Å²) in [7, 11) is 0. The molecule has 0 bridgehead atoms. The first-order valence-corrected chi connectivity index (χ1v) is 7.60. The molecule has 0 amide bonds. The lowest BCUT2D eigenvalue weighted by molar-refractivity contribution is -0.164. The molecule has 1 unspecified atom stereocenters. The fourth-order valence-electron chi connectivity index (χ4n) is 3.67. The summed E-state index contributed by atoms with van der Waals surface area (Å²) >= 11 is 0. The second kappa shape index (κ2) is 5.41. The second-order valence-electron chi connectivity index (χ2n) is 6.15. The smallest absolute Gasteiger partial charge is 0.169 e. The van der Waals surface area contributed by atoms with Gasteiger partial charge in [-0.15, -0.1) is 0 Å². The molecule has 1 fully saturated rings. The van der Waals surface area contributed by atoms with E-state index in [-0.39, 0.29) is 11.6 Å². The number of Topliss-reactive ketones (excluding diaryl/α,β-unsaturated/α-hetero) is 2. The highest BCUT2D eigenvalue weighted by molar-refractivity contribution is 6.01. The highest BCUT2D eigenvalue weighted by Crippen LogP contribution is 2.41. The Morgan fingerprint density at radius 2 is 1.70 bits per heavy atom. The van der Waals surface area contributed by atoms with Crippen LogP contribution in [0.1, 0.15) is 51.9 Å². The average molecular weight is 278 g/mol. The third kappa shape index (κ3) is 2.59. The van der Waals surface area contributed by atoms with Crippen molar-refractivity contribution < 1.29 is 19.1 Å². The van der Waals surface area contributed by atoms with Gasteiger partial charge in [-0.2, -0.15) is 0 Å². The zero-order valence-electron chi connectivity index (χ0n) is 12.1. The van der Waals surface area contributed by atoms with Crippen LogP contribution in [0, 0.1) is 5.92 Å². The maximum absolute atomic E-state index is 12.0. The predicted molar refractivity (Wildman–Crippen MR) is 73.2 cm³/mol. The molecular formula is C16H22O4. The van der Waals surface area contributed by atoms with Crippen molar-refractivity contribution in [2.75, 3.05) is 13.2 Å². The van der Waals surface area contributed by atoms with E-state index >= 15 is 0 Å². The normalized spacial score (nSPS) is 30.1. The van der Waals surface area contributed by atoms with Gasteiger partial charge in [-0.3, -0.25) is 9.59 Å². The number of hydrogen-bond donors (Lipinski definition) is 0. The van der Waals surface area contributed by atoms with Crippen LogP contribution in [0.3, 0.4) is 0 Å². The number of hydrogen-bond acceptors (Lipinski definition) is 4. The summed E-state index contributed by atoms with van der Waals surface area (Å²) in [6.07, 6.45) is 5.51. The molecule has 2 aliphatic carbocycles. The molecular weight excluding hydrogens is 256 g/mol. The molecule has 0 aromatic heterocycles. The van der Waals surface area contributed by atoms with Crippen LogP contribution in [0.5, 0.6) is 0 Å². The number of allylic oxidation sites excluding steroid dienone is 2. The molecule has 1 heterocycles. The first kappa shape index (κ1) is 14.0. The molecule has 110 valence electrons. The SMILES string of the molecule is CC(=O)C1CC2=C(CCC1=O)CCC1(CC2)OCCO1. The lowest BCUT2D eigenvalue weighted by Gasteiger charge is -2.26. The van der Waals surface area contributed by atoms with E-state index in [0.717, 1.165) is 32.1 Å². The van der Waals surface area contributed by atoms with Gasteiger partial charge in [0, 0.05) is 19.3 Å². The number of carbonyl (C=O) groups is 2. The predicted octanol–water partition coefficient (Wildman–Crippen LogP) is 2.56. The van der Waals surface area contributed by atoms with E-state index in [0.29, 0.717) is 26.1 Å². The Bertz CT molecular complexity index is 457.